The highest BCUT2D eigenvalue weighted by Gasteiger charge is 2.34. The number of benzene rings is 2. The summed E-state index contributed by atoms with van der Waals surface area (Å²) in [6, 6.07) is 16.1. The van der Waals surface area contributed by atoms with Crippen LogP contribution in [0.25, 0.3) is 0 Å². The van der Waals surface area contributed by atoms with Crippen molar-refractivity contribution in [2.24, 2.45) is 23.7 Å². The van der Waals surface area contributed by atoms with Crippen LogP contribution in [0.15, 0.2) is 60.7 Å². The van der Waals surface area contributed by atoms with Crippen LogP contribution in [0.2, 0.25) is 0 Å². The standard InChI is InChI=1S/C21H20O6.C7H14O2/c1-3-17(21(25)27-20(24)16-12-8-5-9-13-16)14(2)18(22)26-19(23)15-10-6-4-7-11-15;1-4-6(5(2)3)7(8)9/h4-14,17H,3H2,1-2H3;5-6H,4H2,1-3H3,(H,8,9). The summed E-state index contributed by atoms with van der Waals surface area (Å²) in [5.41, 5.74) is 0.461. The molecule has 0 aliphatic heterocycles. The van der Waals surface area contributed by atoms with Crippen LogP contribution in [0, 0.1) is 23.7 Å². The van der Waals surface area contributed by atoms with Gasteiger partial charge < -0.3 is 14.6 Å². The molecule has 36 heavy (non-hydrogen) atoms. The summed E-state index contributed by atoms with van der Waals surface area (Å²) in [6.45, 7) is 8.91. The Balaban J connectivity index is 0.000000613. The summed E-state index contributed by atoms with van der Waals surface area (Å²) >= 11 is 0. The minimum atomic E-state index is -0.946. The summed E-state index contributed by atoms with van der Waals surface area (Å²) < 4.78 is 9.73. The van der Waals surface area contributed by atoms with Gasteiger partial charge in [-0.2, -0.15) is 0 Å². The Labute approximate surface area is 211 Å². The van der Waals surface area contributed by atoms with E-state index in [9.17, 15) is 24.0 Å². The first-order chi connectivity index (χ1) is 17.0. The number of hydrogen-bond acceptors (Lipinski definition) is 7. The fourth-order valence-electron chi connectivity index (χ4n) is 3.44. The van der Waals surface area contributed by atoms with Crippen LogP contribution >= 0.6 is 0 Å². The van der Waals surface area contributed by atoms with Crippen LogP contribution in [0.1, 0.15) is 68.2 Å². The number of ether oxygens (including phenoxy) is 2. The molecule has 8 heteroatoms. The van der Waals surface area contributed by atoms with E-state index >= 15 is 0 Å². The molecule has 0 amide bonds. The number of hydrogen-bond donors (Lipinski definition) is 1. The van der Waals surface area contributed by atoms with E-state index in [0.29, 0.717) is 0 Å². The molecule has 0 spiro atoms. The van der Waals surface area contributed by atoms with Crippen molar-refractivity contribution < 1.29 is 38.6 Å². The van der Waals surface area contributed by atoms with Crippen molar-refractivity contribution in [3.8, 4) is 0 Å². The molecule has 3 atom stereocenters. The van der Waals surface area contributed by atoms with E-state index in [1.807, 2.05) is 20.8 Å². The van der Waals surface area contributed by atoms with Crippen LogP contribution < -0.4 is 0 Å². The fraction of sp³-hybridized carbons (Fsp3) is 0.393. The van der Waals surface area contributed by atoms with Gasteiger partial charge in [-0.15, -0.1) is 0 Å². The molecule has 0 aromatic heterocycles. The highest BCUT2D eigenvalue weighted by Crippen LogP contribution is 2.20. The van der Waals surface area contributed by atoms with Crippen molar-refractivity contribution in [3.63, 3.8) is 0 Å². The first kappa shape index (κ1) is 30.2. The number of carboxylic acids is 1. The Morgan fingerprint density at radius 3 is 1.36 bits per heavy atom. The molecule has 0 bridgehead atoms. The zero-order valence-electron chi connectivity index (χ0n) is 21.3. The quantitative estimate of drug-likeness (QED) is 0.371. The van der Waals surface area contributed by atoms with E-state index in [-0.39, 0.29) is 29.4 Å². The summed E-state index contributed by atoms with van der Waals surface area (Å²) in [7, 11) is 0. The average Bonchev–Trinajstić information content (AvgIpc) is 2.85. The van der Waals surface area contributed by atoms with Gasteiger partial charge in [-0.05, 0) is 43.0 Å². The molecule has 194 valence electrons. The molecule has 0 heterocycles. The second-order valence-corrected chi connectivity index (χ2v) is 8.55. The highest BCUT2D eigenvalue weighted by molar-refractivity contribution is 6.00. The van der Waals surface area contributed by atoms with Crippen LogP contribution in [0.3, 0.4) is 0 Å². The van der Waals surface area contributed by atoms with Crippen molar-refractivity contribution in [2.75, 3.05) is 0 Å². The Hall–Kier alpha value is -3.81. The molecular formula is C28H34O8. The van der Waals surface area contributed by atoms with Gasteiger partial charge >= 0.3 is 29.8 Å². The Morgan fingerprint density at radius 2 is 1.06 bits per heavy atom. The van der Waals surface area contributed by atoms with Gasteiger partial charge in [0.05, 0.1) is 28.9 Å². The third-order valence-corrected chi connectivity index (χ3v) is 5.69. The number of carbonyl (C=O) groups excluding carboxylic acids is 4. The molecule has 2 aromatic carbocycles. The second kappa shape index (κ2) is 15.2. The van der Waals surface area contributed by atoms with Gasteiger partial charge in [0.1, 0.15) is 0 Å². The van der Waals surface area contributed by atoms with Gasteiger partial charge in [0.2, 0.25) is 0 Å². The smallest absolute Gasteiger partial charge is 0.345 e. The van der Waals surface area contributed by atoms with E-state index in [2.05, 4.69) is 0 Å². The van der Waals surface area contributed by atoms with Gasteiger partial charge in [0, 0.05) is 0 Å². The summed E-state index contributed by atoms with van der Waals surface area (Å²) in [4.78, 5) is 59.0. The maximum Gasteiger partial charge on any atom is 0.345 e. The minimum Gasteiger partial charge on any atom is -0.481 e. The van der Waals surface area contributed by atoms with E-state index < -0.39 is 41.7 Å². The normalized spacial score (nSPS) is 12.8. The summed E-state index contributed by atoms with van der Waals surface area (Å²) in [5.74, 6) is -5.70. The molecule has 2 aromatic rings. The number of carbonyl (C=O) groups is 5. The van der Waals surface area contributed by atoms with E-state index in [1.54, 1.807) is 43.3 Å². The molecule has 0 saturated heterocycles. The number of carboxylic acid groups (broad SMARTS) is 1. The monoisotopic (exact) mass is 498 g/mol. The first-order valence-electron chi connectivity index (χ1n) is 11.9. The largest absolute Gasteiger partial charge is 0.481 e. The average molecular weight is 499 g/mol. The van der Waals surface area contributed by atoms with Crippen molar-refractivity contribution in [3.05, 3.63) is 71.8 Å². The summed E-state index contributed by atoms with van der Waals surface area (Å²) in [6.07, 6.45) is 0.976. The lowest BCUT2D eigenvalue weighted by Crippen LogP contribution is -2.32. The van der Waals surface area contributed by atoms with Crippen molar-refractivity contribution in [1.29, 1.82) is 0 Å². The van der Waals surface area contributed by atoms with Crippen LogP contribution in [-0.4, -0.2) is 35.0 Å². The van der Waals surface area contributed by atoms with Gasteiger partial charge in [-0.1, -0.05) is 71.0 Å². The van der Waals surface area contributed by atoms with Gasteiger partial charge in [0.15, 0.2) is 0 Å². The molecule has 0 radical (unpaired) electrons. The molecule has 0 aliphatic rings. The van der Waals surface area contributed by atoms with Crippen LogP contribution in [0.4, 0.5) is 0 Å². The molecule has 2 rings (SSSR count). The maximum atomic E-state index is 12.3. The number of esters is 4. The predicted molar refractivity (Wildman–Crippen MR) is 133 cm³/mol. The molecule has 0 fully saturated rings. The highest BCUT2D eigenvalue weighted by atomic mass is 16.6. The lowest BCUT2D eigenvalue weighted by molar-refractivity contribution is -0.154. The van der Waals surface area contributed by atoms with Crippen molar-refractivity contribution >= 4 is 29.8 Å². The zero-order valence-corrected chi connectivity index (χ0v) is 21.3. The molecule has 8 nitrogen and oxygen atoms in total. The summed E-state index contributed by atoms with van der Waals surface area (Å²) in [5, 5.41) is 8.54. The molecule has 0 aliphatic carbocycles. The van der Waals surface area contributed by atoms with E-state index in [1.165, 1.54) is 31.2 Å². The van der Waals surface area contributed by atoms with E-state index in [0.717, 1.165) is 6.42 Å². The third-order valence-electron chi connectivity index (χ3n) is 5.69. The molecular weight excluding hydrogens is 464 g/mol. The van der Waals surface area contributed by atoms with Gasteiger partial charge in [0.25, 0.3) is 0 Å². The Morgan fingerprint density at radius 1 is 0.667 bits per heavy atom. The third kappa shape index (κ3) is 9.44. The van der Waals surface area contributed by atoms with Crippen molar-refractivity contribution in [1.82, 2.24) is 0 Å². The first-order valence-corrected chi connectivity index (χ1v) is 11.9. The minimum absolute atomic E-state index is 0.162. The van der Waals surface area contributed by atoms with Gasteiger partial charge in [-0.25, -0.2) is 9.59 Å². The van der Waals surface area contributed by atoms with E-state index in [4.69, 9.17) is 14.6 Å². The Bertz CT molecular complexity index is 1010. The van der Waals surface area contributed by atoms with Gasteiger partial charge in [-0.3, -0.25) is 14.4 Å². The Kier molecular flexibility index (Phi) is 12.8. The lowest BCUT2D eigenvalue weighted by atomic mass is 9.91. The molecule has 0 saturated carbocycles. The molecule has 3 unspecified atom stereocenters. The molecule has 1 N–H and O–H groups in total. The number of rotatable bonds is 9. The predicted octanol–water partition coefficient (Wildman–Crippen LogP) is 5.17. The number of aliphatic carboxylic acids is 1. The van der Waals surface area contributed by atoms with Crippen molar-refractivity contribution in [2.45, 2.75) is 47.5 Å². The fourth-order valence-corrected chi connectivity index (χ4v) is 3.44. The zero-order chi connectivity index (χ0) is 27.3. The van der Waals surface area contributed by atoms with Crippen LogP contribution in [-0.2, 0) is 23.9 Å². The maximum absolute atomic E-state index is 12.3. The van der Waals surface area contributed by atoms with Crippen LogP contribution in [0.5, 0.6) is 0 Å². The lowest BCUT2D eigenvalue weighted by Gasteiger charge is -2.18. The SMILES string of the molecule is CCC(C(=O)O)C(C)C.CCC(C(=O)OC(=O)c1ccccc1)C(C)C(=O)OC(=O)c1ccccc1. The second-order valence-electron chi connectivity index (χ2n) is 8.55. The topological polar surface area (TPSA) is 124 Å².